The van der Waals surface area contributed by atoms with E-state index >= 15 is 0 Å². The second-order valence-electron chi connectivity index (χ2n) is 7.53. The summed E-state index contributed by atoms with van der Waals surface area (Å²) in [6, 6.07) is 14.0. The molecular weight excluding hydrogens is 383 g/mol. The van der Waals surface area contributed by atoms with Crippen molar-refractivity contribution in [3.8, 4) is 11.1 Å². The summed E-state index contributed by atoms with van der Waals surface area (Å²) in [5.41, 5.74) is 2.61. The normalized spacial score (nSPS) is 12.1. The van der Waals surface area contributed by atoms with Gasteiger partial charge in [-0.05, 0) is 42.5 Å². The smallest absolute Gasteiger partial charge is 0.336 e. The van der Waals surface area contributed by atoms with Crippen LogP contribution in [0.4, 0.5) is 4.39 Å². The molecule has 1 N–H and O–H groups in total. The van der Waals surface area contributed by atoms with Gasteiger partial charge in [-0.15, -0.1) is 0 Å². The minimum atomic E-state index is -0.979. The summed E-state index contributed by atoms with van der Waals surface area (Å²) in [5.74, 6) is -1.42. The molecule has 3 aromatic rings. The fourth-order valence-corrected chi connectivity index (χ4v) is 3.68. The molecule has 1 unspecified atom stereocenters. The number of hydrogen-bond donors (Lipinski definition) is 1. The molecule has 30 heavy (non-hydrogen) atoms. The lowest BCUT2D eigenvalue weighted by Crippen LogP contribution is -2.27. The monoisotopic (exact) mass is 410 g/mol. The van der Waals surface area contributed by atoms with Gasteiger partial charge in [-0.25, -0.2) is 9.59 Å². The molecule has 158 valence electrons. The van der Waals surface area contributed by atoms with E-state index in [1.807, 2.05) is 45.0 Å². The minimum absolute atomic E-state index is 0.204. The van der Waals surface area contributed by atoms with Crippen LogP contribution in [-0.4, -0.2) is 20.2 Å². The van der Waals surface area contributed by atoms with Crippen LogP contribution in [0.2, 0.25) is 0 Å². The third-order valence-corrected chi connectivity index (χ3v) is 5.49. The first-order chi connectivity index (χ1) is 14.4. The Kier molecular flexibility index (Phi) is 6.55. The highest BCUT2D eigenvalue weighted by Gasteiger charge is 2.22. The van der Waals surface area contributed by atoms with E-state index in [4.69, 9.17) is 0 Å². The molecule has 0 fully saturated rings. The van der Waals surface area contributed by atoms with Gasteiger partial charge in [-0.2, -0.15) is 4.39 Å². The zero-order valence-corrected chi connectivity index (χ0v) is 17.6. The lowest BCUT2D eigenvalue weighted by atomic mass is 9.99. The van der Waals surface area contributed by atoms with Crippen molar-refractivity contribution < 1.29 is 14.3 Å². The van der Waals surface area contributed by atoms with E-state index < -0.39 is 11.9 Å². The number of imidazole rings is 1. The Morgan fingerprint density at radius 2 is 1.77 bits per heavy atom. The number of halogens is 1. The summed E-state index contributed by atoms with van der Waals surface area (Å²) >= 11 is 0. The second-order valence-corrected chi connectivity index (χ2v) is 7.53. The molecule has 1 aromatic heterocycles. The molecule has 1 atom stereocenters. The van der Waals surface area contributed by atoms with Crippen molar-refractivity contribution in [2.75, 3.05) is 0 Å². The lowest BCUT2D eigenvalue weighted by molar-refractivity contribution is 0.0697. The van der Waals surface area contributed by atoms with Crippen LogP contribution in [0.15, 0.2) is 53.3 Å². The molecule has 2 aromatic carbocycles. The van der Waals surface area contributed by atoms with E-state index in [2.05, 4.69) is 0 Å². The largest absolute Gasteiger partial charge is 0.478 e. The molecular formula is C24H27FN2O3. The number of hydrogen-bond acceptors (Lipinski definition) is 2. The van der Waals surface area contributed by atoms with E-state index in [9.17, 15) is 19.1 Å². The first-order valence-electron chi connectivity index (χ1n) is 10.3. The topological polar surface area (TPSA) is 64.2 Å². The molecule has 0 amide bonds. The Balaban J connectivity index is 1.97. The molecule has 0 saturated heterocycles. The van der Waals surface area contributed by atoms with Crippen molar-refractivity contribution in [3.05, 3.63) is 81.8 Å². The number of carboxylic acids is 1. The van der Waals surface area contributed by atoms with Crippen molar-refractivity contribution in [2.24, 2.45) is 0 Å². The Morgan fingerprint density at radius 1 is 1.10 bits per heavy atom. The molecule has 5 nitrogen and oxygen atoms in total. The summed E-state index contributed by atoms with van der Waals surface area (Å²) in [5, 5.41) is 9.41. The van der Waals surface area contributed by atoms with Gasteiger partial charge in [0.05, 0.1) is 17.8 Å². The zero-order chi connectivity index (χ0) is 21.8. The summed E-state index contributed by atoms with van der Waals surface area (Å²) in [4.78, 5) is 24.4. The number of carbonyl (C=O) groups is 1. The first kappa shape index (κ1) is 21.6. The minimum Gasteiger partial charge on any atom is -0.478 e. The molecule has 1 heterocycles. The Hall–Kier alpha value is -3.15. The van der Waals surface area contributed by atoms with Crippen LogP contribution in [0.3, 0.4) is 0 Å². The van der Waals surface area contributed by atoms with Gasteiger partial charge < -0.3 is 5.11 Å². The van der Waals surface area contributed by atoms with Gasteiger partial charge in [0.15, 0.2) is 0 Å². The van der Waals surface area contributed by atoms with Gasteiger partial charge in [-0.1, -0.05) is 62.7 Å². The maximum absolute atomic E-state index is 15.0. The van der Waals surface area contributed by atoms with Gasteiger partial charge in [0, 0.05) is 6.04 Å². The molecule has 0 bridgehead atoms. The summed E-state index contributed by atoms with van der Waals surface area (Å²) in [6.45, 7) is 6.01. The van der Waals surface area contributed by atoms with Crippen LogP contribution in [0.5, 0.6) is 0 Å². The summed E-state index contributed by atoms with van der Waals surface area (Å²) in [7, 11) is 0. The van der Waals surface area contributed by atoms with Gasteiger partial charge in [0.2, 0.25) is 5.95 Å². The van der Waals surface area contributed by atoms with E-state index in [1.165, 1.54) is 9.13 Å². The average molecular weight is 410 g/mol. The van der Waals surface area contributed by atoms with Crippen molar-refractivity contribution >= 4 is 5.97 Å². The quantitative estimate of drug-likeness (QED) is 0.560. The fraction of sp³-hybridized carbons (Fsp3) is 0.333. The number of nitrogens with zero attached hydrogens (tertiary/aromatic N) is 2. The highest BCUT2D eigenvalue weighted by Crippen LogP contribution is 2.25. The maximum atomic E-state index is 15.0. The number of rotatable bonds is 8. The average Bonchev–Trinajstić information content (AvgIpc) is 2.98. The van der Waals surface area contributed by atoms with Crippen LogP contribution in [0.1, 0.15) is 61.3 Å². The van der Waals surface area contributed by atoms with E-state index in [0.29, 0.717) is 24.1 Å². The maximum Gasteiger partial charge on any atom is 0.336 e. The first-order valence-corrected chi connectivity index (χ1v) is 10.3. The van der Waals surface area contributed by atoms with Crippen molar-refractivity contribution in [2.45, 2.75) is 52.6 Å². The van der Waals surface area contributed by atoms with Crippen LogP contribution in [0.25, 0.3) is 11.1 Å². The number of carboxylic acid groups (broad SMARTS) is 1. The van der Waals surface area contributed by atoms with Crippen molar-refractivity contribution in [3.63, 3.8) is 0 Å². The zero-order valence-electron chi connectivity index (χ0n) is 17.6. The van der Waals surface area contributed by atoms with E-state index in [1.54, 1.807) is 24.3 Å². The van der Waals surface area contributed by atoms with Crippen molar-refractivity contribution in [1.29, 1.82) is 0 Å². The third-order valence-electron chi connectivity index (χ3n) is 5.49. The van der Waals surface area contributed by atoms with Gasteiger partial charge in [0.25, 0.3) is 0 Å². The molecule has 0 aliphatic heterocycles. The number of aromatic carboxylic acids is 1. The third kappa shape index (κ3) is 4.08. The van der Waals surface area contributed by atoms with Crippen LogP contribution < -0.4 is 5.69 Å². The molecule has 0 radical (unpaired) electrons. The summed E-state index contributed by atoms with van der Waals surface area (Å²) in [6.07, 6.45) is 1.91. The fourth-order valence-electron chi connectivity index (χ4n) is 3.68. The van der Waals surface area contributed by atoms with Gasteiger partial charge >= 0.3 is 11.7 Å². The van der Waals surface area contributed by atoms with E-state index in [0.717, 1.165) is 17.5 Å². The highest BCUT2D eigenvalue weighted by atomic mass is 19.1. The number of aromatic nitrogens is 2. The Morgan fingerprint density at radius 3 is 2.37 bits per heavy atom. The molecule has 6 heteroatoms. The number of benzene rings is 2. The van der Waals surface area contributed by atoms with Crippen LogP contribution in [-0.2, 0) is 13.0 Å². The molecule has 0 saturated carbocycles. The predicted molar refractivity (Wildman–Crippen MR) is 116 cm³/mol. The predicted octanol–water partition coefficient (Wildman–Crippen LogP) is 5.13. The SMILES string of the molecule is CCCc1c(F)n(C(C)CC)c(=O)n1Cc1ccc(-c2ccccc2C(=O)O)cc1. The second kappa shape index (κ2) is 9.11. The Bertz CT molecular complexity index is 1100. The molecule has 3 rings (SSSR count). The van der Waals surface area contributed by atoms with E-state index in [-0.39, 0.29) is 23.8 Å². The lowest BCUT2D eigenvalue weighted by Gasteiger charge is -2.10. The molecule has 0 spiro atoms. The van der Waals surface area contributed by atoms with Crippen LogP contribution >= 0.6 is 0 Å². The molecule has 0 aliphatic carbocycles. The van der Waals surface area contributed by atoms with Crippen molar-refractivity contribution in [1.82, 2.24) is 9.13 Å². The standard InChI is InChI=1S/C24H27FN2O3/c1-4-8-21-22(25)27(16(3)5-2)24(30)26(21)15-17-11-13-18(14-12-17)19-9-6-7-10-20(19)23(28)29/h6-7,9-14,16H,4-5,8,15H2,1-3H3,(H,28,29). The molecule has 0 aliphatic rings. The Labute approximate surface area is 175 Å². The summed E-state index contributed by atoms with van der Waals surface area (Å²) < 4.78 is 17.7. The van der Waals surface area contributed by atoms with Gasteiger partial charge in [0.1, 0.15) is 0 Å². The van der Waals surface area contributed by atoms with Gasteiger partial charge in [-0.3, -0.25) is 9.13 Å². The van der Waals surface area contributed by atoms with Crippen LogP contribution in [0, 0.1) is 5.95 Å². The highest BCUT2D eigenvalue weighted by molar-refractivity contribution is 5.95.